The van der Waals surface area contributed by atoms with Crippen LogP contribution in [-0.2, 0) is 23.8 Å². The molecule has 0 unspecified atom stereocenters. The summed E-state index contributed by atoms with van der Waals surface area (Å²) >= 11 is 0. The van der Waals surface area contributed by atoms with Crippen molar-refractivity contribution < 1.29 is 22.4 Å². The van der Waals surface area contributed by atoms with Gasteiger partial charge in [-0.15, -0.1) is 5.10 Å². The molecule has 0 aliphatic heterocycles. The van der Waals surface area contributed by atoms with Crippen LogP contribution in [0.3, 0.4) is 0 Å². The molecule has 10 heteroatoms. The van der Waals surface area contributed by atoms with Gasteiger partial charge in [-0.25, -0.2) is 9.50 Å². The number of aromatic nitrogens is 4. The van der Waals surface area contributed by atoms with Crippen molar-refractivity contribution in [3.63, 3.8) is 0 Å². The molecule has 138 valence electrons. The lowest BCUT2D eigenvalue weighted by atomic mass is 10.1. The fourth-order valence-corrected chi connectivity index (χ4v) is 2.59. The first-order chi connectivity index (χ1) is 12.3. The number of furan rings is 1. The molecule has 0 aliphatic rings. The smallest absolute Gasteiger partial charge is 0.453 e. The van der Waals surface area contributed by atoms with Gasteiger partial charge in [0.15, 0.2) is 0 Å². The van der Waals surface area contributed by atoms with Gasteiger partial charge in [0.1, 0.15) is 5.76 Å². The molecule has 26 heavy (non-hydrogen) atoms. The van der Waals surface area contributed by atoms with Crippen LogP contribution in [-0.4, -0.2) is 32.0 Å². The zero-order valence-corrected chi connectivity index (χ0v) is 14.1. The lowest BCUT2D eigenvalue weighted by Gasteiger charge is -2.10. The lowest BCUT2D eigenvalue weighted by molar-refractivity contribution is -0.144. The van der Waals surface area contributed by atoms with Gasteiger partial charge in [-0.2, -0.15) is 18.2 Å². The number of carbonyl (C=O) groups excluding carboxylic acids is 1. The van der Waals surface area contributed by atoms with Crippen LogP contribution in [0.15, 0.2) is 22.8 Å². The van der Waals surface area contributed by atoms with Crippen molar-refractivity contribution in [2.75, 3.05) is 6.54 Å². The van der Waals surface area contributed by atoms with Crippen molar-refractivity contribution in [1.82, 2.24) is 24.9 Å². The number of hydrogen-bond donors (Lipinski definition) is 1. The Hall–Kier alpha value is -2.91. The number of amides is 1. The van der Waals surface area contributed by atoms with Gasteiger partial charge < -0.3 is 9.73 Å². The van der Waals surface area contributed by atoms with Crippen molar-refractivity contribution in [1.29, 1.82) is 0 Å². The highest BCUT2D eigenvalue weighted by molar-refractivity contribution is 5.79. The molecule has 0 fully saturated rings. The number of rotatable bonds is 5. The molecule has 0 atom stereocenters. The van der Waals surface area contributed by atoms with Crippen LogP contribution in [0, 0.1) is 13.8 Å². The number of hydrogen-bond acceptors (Lipinski definition) is 5. The second-order valence-electron chi connectivity index (χ2n) is 5.76. The first-order valence-electron chi connectivity index (χ1n) is 7.85. The fourth-order valence-electron chi connectivity index (χ4n) is 2.59. The summed E-state index contributed by atoms with van der Waals surface area (Å²) in [5.74, 6) is -0.912. The average molecular weight is 367 g/mol. The Morgan fingerprint density at radius 3 is 2.73 bits per heavy atom. The molecule has 1 amide bonds. The third-order valence-corrected chi connectivity index (χ3v) is 3.91. The van der Waals surface area contributed by atoms with E-state index < -0.39 is 12.0 Å². The summed E-state index contributed by atoms with van der Waals surface area (Å²) in [6.07, 6.45) is -2.57. The third-order valence-electron chi connectivity index (χ3n) is 3.91. The van der Waals surface area contributed by atoms with Crippen molar-refractivity contribution in [2.45, 2.75) is 32.9 Å². The Morgan fingerprint density at radius 2 is 2.08 bits per heavy atom. The minimum atomic E-state index is -4.66. The van der Waals surface area contributed by atoms with E-state index in [4.69, 9.17) is 4.42 Å². The molecule has 7 nitrogen and oxygen atoms in total. The minimum Gasteiger partial charge on any atom is -0.469 e. The Bertz CT molecular complexity index is 932. The molecule has 0 saturated heterocycles. The zero-order chi connectivity index (χ0) is 18.9. The molecule has 0 radical (unpaired) electrons. The van der Waals surface area contributed by atoms with Crippen LogP contribution < -0.4 is 5.32 Å². The maximum atomic E-state index is 12.8. The number of alkyl halides is 3. The van der Waals surface area contributed by atoms with E-state index in [2.05, 4.69) is 20.4 Å². The van der Waals surface area contributed by atoms with E-state index in [9.17, 15) is 18.0 Å². The van der Waals surface area contributed by atoms with Crippen LogP contribution in [0.2, 0.25) is 0 Å². The van der Waals surface area contributed by atoms with Crippen molar-refractivity contribution in [3.8, 4) is 0 Å². The Kier molecular flexibility index (Phi) is 4.66. The first kappa shape index (κ1) is 17.9. The monoisotopic (exact) mass is 367 g/mol. The van der Waals surface area contributed by atoms with Gasteiger partial charge in [0.25, 0.3) is 11.6 Å². The topological polar surface area (TPSA) is 85.3 Å². The summed E-state index contributed by atoms with van der Waals surface area (Å²) in [5, 5.41) is 6.21. The summed E-state index contributed by atoms with van der Waals surface area (Å²) in [5.41, 5.74) is 1.36. The Morgan fingerprint density at radius 1 is 1.31 bits per heavy atom. The van der Waals surface area contributed by atoms with E-state index >= 15 is 0 Å². The van der Waals surface area contributed by atoms with Gasteiger partial charge >= 0.3 is 6.18 Å². The SMILES string of the molecule is Cc1nc2nc(C(F)(F)F)nn2c(C)c1CC(=O)NCCc1ccco1. The quantitative estimate of drug-likeness (QED) is 0.748. The number of nitrogens with one attached hydrogen (secondary N) is 1. The number of nitrogens with zero attached hydrogens (tertiary/aromatic N) is 4. The van der Waals surface area contributed by atoms with Crippen LogP contribution in [0.4, 0.5) is 13.2 Å². The second-order valence-corrected chi connectivity index (χ2v) is 5.76. The maximum Gasteiger partial charge on any atom is 0.453 e. The first-order valence-corrected chi connectivity index (χ1v) is 7.85. The molecular formula is C16H16F3N5O2. The van der Waals surface area contributed by atoms with E-state index in [1.807, 2.05) is 0 Å². The predicted octanol–water partition coefficient (Wildman–Crippen LogP) is 2.25. The highest BCUT2D eigenvalue weighted by Gasteiger charge is 2.37. The van der Waals surface area contributed by atoms with Gasteiger partial charge in [0.05, 0.1) is 12.7 Å². The Balaban J connectivity index is 1.75. The molecule has 3 heterocycles. The van der Waals surface area contributed by atoms with Crippen LogP contribution in [0.25, 0.3) is 5.78 Å². The minimum absolute atomic E-state index is 0.0139. The summed E-state index contributed by atoms with van der Waals surface area (Å²) < 4.78 is 44.6. The van der Waals surface area contributed by atoms with Gasteiger partial charge in [-0.05, 0) is 26.0 Å². The van der Waals surface area contributed by atoms with Crippen LogP contribution in [0.1, 0.15) is 28.5 Å². The van der Waals surface area contributed by atoms with Gasteiger partial charge in [-0.1, -0.05) is 0 Å². The molecule has 0 saturated carbocycles. The standard InChI is InChI=1S/C16H16F3N5O2/c1-9-12(8-13(25)20-6-5-11-4-3-7-26-11)10(2)24-15(21-9)22-14(23-24)16(17,18)19/h3-4,7H,5-6,8H2,1-2H3,(H,20,25). The number of fused-ring (bicyclic) bond motifs is 1. The summed E-state index contributed by atoms with van der Waals surface area (Å²) in [6, 6.07) is 3.57. The molecule has 0 aliphatic carbocycles. The second kappa shape index (κ2) is 6.77. The number of carbonyl (C=O) groups is 1. The number of halogens is 3. The highest BCUT2D eigenvalue weighted by Crippen LogP contribution is 2.27. The third kappa shape index (κ3) is 3.68. The highest BCUT2D eigenvalue weighted by atomic mass is 19.4. The van der Waals surface area contributed by atoms with Crippen molar-refractivity contribution >= 4 is 11.7 Å². The molecule has 0 spiro atoms. The van der Waals surface area contributed by atoms with Gasteiger partial charge in [0, 0.05) is 29.9 Å². The fraction of sp³-hybridized carbons (Fsp3) is 0.375. The van der Waals surface area contributed by atoms with Gasteiger partial charge in [-0.3, -0.25) is 4.79 Å². The predicted molar refractivity (Wildman–Crippen MR) is 84.4 cm³/mol. The summed E-state index contributed by atoms with van der Waals surface area (Å²) in [7, 11) is 0. The Labute approximate surface area is 146 Å². The molecule has 3 aromatic rings. The summed E-state index contributed by atoms with van der Waals surface area (Å²) in [4.78, 5) is 19.6. The van der Waals surface area contributed by atoms with Crippen LogP contribution in [0.5, 0.6) is 0 Å². The maximum absolute atomic E-state index is 12.8. The van der Waals surface area contributed by atoms with Gasteiger partial charge in [0.2, 0.25) is 5.91 Å². The molecule has 0 bridgehead atoms. The lowest BCUT2D eigenvalue weighted by Crippen LogP contribution is -2.28. The van der Waals surface area contributed by atoms with Crippen LogP contribution >= 0.6 is 0 Å². The van der Waals surface area contributed by atoms with E-state index in [0.29, 0.717) is 29.9 Å². The average Bonchev–Trinajstić information content (AvgIpc) is 3.20. The molecule has 0 aromatic carbocycles. The van der Waals surface area contributed by atoms with E-state index in [1.165, 1.54) is 0 Å². The van der Waals surface area contributed by atoms with E-state index in [0.717, 1.165) is 10.3 Å². The molecule has 1 N–H and O–H groups in total. The molecule has 3 rings (SSSR count). The molecule has 3 aromatic heterocycles. The van der Waals surface area contributed by atoms with Crippen molar-refractivity contribution in [2.24, 2.45) is 0 Å². The number of aryl methyl sites for hydroxylation is 2. The summed E-state index contributed by atoms with van der Waals surface area (Å²) in [6.45, 7) is 3.60. The normalized spacial score (nSPS) is 11.9. The van der Waals surface area contributed by atoms with E-state index in [-0.39, 0.29) is 18.1 Å². The largest absolute Gasteiger partial charge is 0.469 e. The molecular weight excluding hydrogens is 351 g/mol. The van der Waals surface area contributed by atoms with Crippen molar-refractivity contribution in [3.05, 3.63) is 46.9 Å². The van der Waals surface area contributed by atoms with E-state index in [1.54, 1.807) is 32.2 Å². The zero-order valence-electron chi connectivity index (χ0n) is 14.1.